The number of nitrogens with zero attached hydrogens (tertiary/aromatic N) is 1. The molecule has 1 nitrogen and oxygen atoms in total. The van der Waals surface area contributed by atoms with Crippen LogP contribution in [-0.4, -0.2) is 37.5 Å². The Labute approximate surface area is 69.6 Å². The molecule has 0 aromatic heterocycles. The third-order valence-electron chi connectivity index (χ3n) is 1.73. The highest BCUT2D eigenvalue weighted by Gasteiger charge is 2.11. The van der Waals surface area contributed by atoms with Crippen molar-refractivity contribution in [3.63, 3.8) is 0 Å². The summed E-state index contributed by atoms with van der Waals surface area (Å²) in [4.78, 5) is 0. The summed E-state index contributed by atoms with van der Waals surface area (Å²) in [6, 6.07) is 0. The van der Waals surface area contributed by atoms with Crippen LogP contribution < -0.4 is 0 Å². The Balaban J connectivity index is 3.42. The van der Waals surface area contributed by atoms with Gasteiger partial charge in [0.2, 0.25) is 0 Å². The summed E-state index contributed by atoms with van der Waals surface area (Å²) in [5.74, 6) is 0.797. The van der Waals surface area contributed by atoms with E-state index in [1.807, 2.05) is 0 Å². The molecule has 0 atom stereocenters. The minimum Gasteiger partial charge on any atom is -0.328 e. The van der Waals surface area contributed by atoms with Gasteiger partial charge in [-0.15, -0.1) is 11.6 Å². The Morgan fingerprint density at radius 2 is 1.80 bits per heavy atom. The van der Waals surface area contributed by atoms with Crippen LogP contribution in [0.25, 0.3) is 0 Å². The zero-order chi connectivity index (χ0) is 8.04. The van der Waals surface area contributed by atoms with Crippen LogP contribution in [0.3, 0.4) is 0 Å². The van der Waals surface area contributed by atoms with Crippen molar-refractivity contribution in [1.82, 2.24) is 0 Å². The number of rotatable bonds is 5. The maximum absolute atomic E-state index is 5.60. The van der Waals surface area contributed by atoms with E-state index >= 15 is 0 Å². The standard InChI is InChI=1S/C8H19ClN/c1-4-7-10(2,3)8-5-6-9/h4-8H2,1-3H3/q+1. The smallest absolute Gasteiger partial charge is 0.0794 e. The maximum atomic E-state index is 5.60. The summed E-state index contributed by atoms with van der Waals surface area (Å²) in [7, 11) is 4.52. The number of hydrogen-bond acceptors (Lipinski definition) is 0. The topological polar surface area (TPSA) is 0 Å². The van der Waals surface area contributed by atoms with E-state index in [-0.39, 0.29) is 0 Å². The van der Waals surface area contributed by atoms with Gasteiger partial charge in [-0.2, -0.15) is 0 Å². The first-order chi connectivity index (χ1) is 4.62. The van der Waals surface area contributed by atoms with Gasteiger partial charge in [-0.05, 0) is 6.42 Å². The second-order valence-electron chi connectivity index (χ2n) is 3.43. The molecule has 0 saturated heterocycles. The fourth-order valence-corrected chi connectivity index (χ4v) is 1.32. The molecule has 10 heavy (non-hydrogen) atoms. The van der Waals surface area contributed by atoms with Gasteiger partial charge in [0.1, 0.15) is 0 Å². The fourth-order valence-electron chi connectivity index (χ4n) is 1.20. The van der Waals surface area contributed by atoms with Gasteiger partial charge in [0.05, 0.1) is 27.2 Å². The van der Waals surface area contributed by atoms with Crippen LogP contribution >= 0.6 is 11.6 Å². The molecule has 0 saturated carbocycles. The SMILES string of the molecule is CCC[N+](C)(C)CCCCl. The minimum atomic E-state index is 0.797. The highest BCUT2D eigenvalue weighted by atomic mass is 35.5. The van der Waals surface area contributed by atoms with Gasteiger partial charge < -0.3 is 4.48 Å². The van der Waals surface area contributed by atoms with Gasteiger partial charge in [-0.1, -0.05) is 6.92 Å². The van der Waals surface area contributed by atoms with E-state index in [0.29, 0.717) is 0 Å². The first-order valence-electron chi connectivity index (χ1n) is 4.00. The molecule has 62 valence electrons. The summed E-state index contributed by atoms with van der Waals surface area (Å²) in [5.41, 5.74) is 0. The quantitative estimate of drug-likeness (QED) is 0.431. The van der Waals surface area contributed by atoms with E-state index in [0.717, 1.165) is 16.8 Å². The molecule has 0 fully saturated rings. The van der Waals surface area contributed by atoms with Crippen LogP contribution in [0.1, 0.15) is 19.8 Å². The highest BCUT2D eigenvalue weighted by molar-refractivity contribution is 6.17. The van der Waals surface area contributed by atoms with Gasteiger partial charge in [0.25, 0.3) is 0 Å². The van der Waals surface area contributed by atoms with Crippen molar-refractivity contribution >= 4 is 11.6 Å². The maximum Gasteiger partial charge on any atom is 0.0794 e. The van der Waals surface area contributed by atoms with E-state index in [4.69, 9.17) is 11.6 Å². The molecule has 0 N–H and O–H groups in total. The van der Waals surface area contributed by atoms with Gasteiger partial charge in [0, 0.05) is 12.3 Å². The van der Waals surface area contributed by atoms with E-state index < -0.39 is 0 Å². The predicted molar refractivity (Wildman–Crippen MR) is 47.5 cm³/mol. The third kappa shape index (κ3) is 5.07. The summed E-state index contributed by atoms with van der Waals surface area (Å²) in [6.07, 6.45) is 2.39. The predicted octanol–water partition coefficient (Wildman–Crippen LogP) is 2.10. The van der Waals surface area contributed by atoms with Crippen molar-refractivity contribution in [1.29, 1.82) is 0 Å². The van der Waals surface area contributed by atoms with Crippen molar-refractivity contribution < 1.29 is 4.48 Å². The summed E-state index contributed by atoms with van der Waals surface area (Å²) < 4.78 is 1.11. The molecule has 0 aliphatic rings. The van der Waals surface area contributed by atoms with E-state index in [1.54, 1.807) is 0 Å². The zero-order valence-corrected chi connectivity index (χ0v) is 8.12. The van der Waals surface area contributed by atoms with E-state index in [2.05, 4.69) is 21.0 Å². The van der Waals surface area contributed by atoms with Crippen LogP contribution in [0.15, 0.2) is 0 Å². The van der Waals surface area contributed by atoms with Gasteiger partial charge >= 0.3 is 0 Å². The Kier molecular flexibility index (Phi) is 5.10. The lowest BCUT2D eigenvalue weighted by molar-refractivity contribution is -0.890. The molecule has 0 aliphatic carbocycles. The number of alkyl halides is 1. The molecule has 0 bridgehead atoms. The van der Waals surface area contributed by atoms with Crippen molar-refractivity contribution in [3.05, 3.63) is 0 Å². The second-order valence-corrected chi connectivity index (χ2v) is 3.80. The molecule has 0 spiro atoms. The van der Waals surface area contributed by atoms with Crippen molar-refractivity contribution in [2.75, 3.05) is 33.1 Å². The lowest BCUT2D eigenvalue weighted by Gasteiger charge is -2.28. The number of quaternary nitrogens is 1. The molecule has 0 radical (unpaired) electrons. The van der Waals surface area contributed by atoms with E-state index in [9.17, 15) is 0 Å². The van der Waals surface area contributed by atoms with Crippen molar-refractivity contribution in [2.45, 2.75) is 19.8 Å². The molecular weight excluding hydrogens is 146 g/mol. The molecule has 0 heterocycles. The fraction of sp³-hybridized carbons (Fsp3) is 1.00. The first-order valence-corrected chi connectivity index (χ1v) is 4.54. The van der Waals surface area contributed by atoms with Gasteiger partial charge in [-0.25, -0.2) is 0 Å². The molecular formula is C8H19ClN+. The van der Waals surface area contributed by atoms with Crippen LogP contribution in [0, 0.1) is 0 Å². The molecule has 0 unspecified atom stereocenters. The molecule has 0 aliphatic heterocycles. The third-order valence-corrected chi connectivity index (χ3v) is 1.99. The zero-order valence-electron chi connectivity index (χ0n) is 7.36. The van der Waals surface area contributed by atoms with Crippen molar-refractivity contribution in [2.24, 2.45) is 0 Å². The Morgan fingerprint density at radius 1 is 1.20 bits per heavy atom. The molecule has 2 heteroatoms. The summed E-state index contributed by atoms with van der Waals surface area (Å²) in [5, 5.41) is 0. The van der Waals surface area contributed by atoms with Crippen molar-refractivity contribution in [3.8, 4) is 0 Å². The number of halogens is 1. The normalized spacial score (nSPS) is 12.0. The van der Waals surface area contributed by atoms with Gasteiger partial charge in [0.15, 0.2) is 0 Å². The molecule has 0 aromatic carbocycles. The Hall–Kier alpha value is 0.250. The average Bonchev–Trinajstić information content (AvgIpc) is 1.84. The largest absolute Gasteiger partial charge is 0.328 e. The van der Waals surface area contributed by atoms with Crippen LogP contribution in [0.4, 0.5) is 0 Å². The molecule has 0 aromatic rings. The molecule has 0 rings (SSSR count). The van der Waals surface area contributed by atoms with Crippen LogP contribution in [0.2, 0.25) is 0 Å². The lowest BCUT2D eigenvalue weighted by atomic mass is 10.3. The van der Waals surface area contributed by atoms with Crippen LogP contribution in [0.5, 0.6) is 0 Å². The average molecular weight is 165 g/mol. The first kappa shape index (κ1) is 10.2. The summed E-state index contributed by atoms with van der Waals surface area (Å²) >= 11 is 5.60. The Bertz CT molecular complexity index is 81.3. The van der Waals surface area contributed by atoms with E-state index in [1.165, 1.54) is 19.5 Å². The van der Waals surface area contributed by atoms with Crippen LogP contribution in [-0.2, 0) is 0 Å². The summed E-state index contributed by atoms with van der Waals surface area (Å²) in [6.45, 7) is 4.69. The highest BCUT2D eigenvalue weighted by Crippen LogP contribution is 2.01. The molecule has 0 amide bonds. The monoisotopic (exact) mass is 164 g/mol. The lowest BCUT2D eigenvalue weighted by Crippen LogP contribution is -2.41. The van der Waals surface area contributed by atoms with Gasteiger partial charge in [-0.3, -0.25) is 0 Å². The minimum absolute atomic E-state index is 0.797. The second kappa shape index (κ2) is 4.97. The number of hydrogen-bond donors (Lipinski definition) is 0. The Morgan fingerprint density at radius 3 is 2.20 bits per heavy atom.